The van der Waals surface area contributed by atoms with E-state index in [1.54, 1.807) is 0 Å². The van der Waals surface area contributed by atoms with Crippen molar-refractivity contribution in [3.8, 4) is 0 Å². The van der Waals surface area contributed by atoms with E-state index in [1.807, 2.05) is 17.0 Å². The Bertz CT molecular complexity index is 1390. The molecule has 3 aliphatic rings. The predicted octanol–water partition coefficient (Wildman–Crippen LogP) is 5.08. The van der Waals surface area contributed by atoms with Gasteiger partial charge in [-0.3, -0.25) is 9.59 Å². The first-order valence-electron chi connectivity index (χ1n) is 15.4. The summed E-state index contributed by atoms with van der Waals surface area (Å²) in [4.78, 5) is 30.3. The number of halogens is 1. The van der Waals surface area contributed by atoms with Crippen molar-refractivity contribution in [1.82, 2.24) is 20.4 Å². The Labute approximate surface area is 254 Å². The van der Waals surface area contributed by atoms with Crippen molar-refractivity contribution < 1.29 is 9.59 Å². The van der Waals surface area contributed by atoms with Crippen LogP contribution in [0.25, 0.3) is 0 Å². The van der Waals surface area contributed by atoms with Gasteiger partial charge in [0.05, 0.1) is 6.04 Å². The lowest BCUT2D eigenvalue weighted by atomic mass is 9.86. The van der Waals surface area contributed by atoms with Gasteiger partial charge in [0.2, 0.25) is 11.8 Å². The first-order valence-corrected chi connectivity index (χ1v) is 15.8. The van der Waals surface area contributed by atoms with Gasteiger partial charge >= 0.3 is 0 Å². The minimum absolute atomic E-state index is 0.00246. The molecule has 0 spiro atoms. The van der Waals surface area contributed by atoms with E-state index in [0.717, 1.165) is 70.0 Å². The highest BCUT2D eigenvalue weighted by Crippen LogP contribution is 2.32. The van der Waals surface area contributed by atoms with E-state index in [4.69, 9.17) is 11.6 Å². The second kappa shape index (κ2) is 13.4. The van der Waals surface area contributed by atoms with Gasteiger partial charge in [0.15, 0.2) is 0 Å². The number of hydrogen-bond donors (Lipinski definition) is 2. The van der Waals surface area contributed by atoms with E-state index in [0.29, 0.717) is 18.8 Å². The number of fused-ring (bicyclic) bond motifs is 1. The lowest BCUT2D eigenvalue weighted by Gasteiger charge is -2.36. The first kappa shape index (κ1) is 28.9. The maximum Gasteiger partial charge on any atom is 0.237 e. The molecular weight excluding hydrogens is 544 g/mol. The fraction of sp³-hybridized carbons (Fsp3) is 0.429. The van der Waals surface area contributed by atoms with Crippen LogP contribution >= 0.6 is 11.6 Å². The van der Waals surface area contributed by atoms with E-state index >= 15 is 0 Å². The van der Waals surface area contributed by atoms with Crippen LogP contribution in [0, 0.1) is 0 Å². The van der Waals surface area contributed by atoms with Crippen LogP contribution < -0.4 is 10.6 Å². The molecule has 0 saturated carbocycles. The van der Waals surface area contributed by atoms with Crippen LogP contribution in [0.5, 0.6) is 0 Å². The van der Waals surface area contributed by atoms with Crippen LogP contribution in [-0.2, 0) is 35.5 Å². The van der Waals surface area contributed by atoms with Gasteiger partial charge in [0.1, 0.15) is 0 Å². The maximum atomic E-state index is 13.5. The Balaban J connectivity index is 1.09. The Morgan fingerprint density at radius 2 is 1.69 bits per heavy atom. The molecule has 0 unspecified atom stereocenters. The molecule has 2 amide bonds. The Kier molecular flexibility index (Phi) is 9.23. The van der Waals surface area contributed by atoms with Gasteiger partial charge in [0, 0.05) is 43.7 Å². The number of nitrogens with one attached hydrogen (secondary N) is 2. The average Bonchev–Trinajstić information content (AvgIpc) is 3.42. The van der Waals surface area contributed by atoms with Crippen molar-refractivity contribution in [2.45, 2.75) is 69.6 Å². The highest BCUT2D eigenvalue weighted by Gasteiger charge is 2.29. The van der Waals surface area contributed by atoms with Crippen LogP contribution in [-0.4, -0.2) is 59.9 Å². The molecule has 6 rings (SSSR count). The third-order valence-corrected chi connectivity index (χ3v) is 9.49. The maximum absolute atomic E-state index is 13.5. The lowest BCUT2D eigenvalue weighted by molar-refractivity contribution is -0.128. The molecule has 0 aromatic heterocycles. The number of hydrogen-bond acceptors (Lipinski definition) is 4. The molecule has 6 nitrogen and oxygen atoms in total. The molecule has 220 valence electrons. The average molecular weight is 585 g/mol. The highest BCUT2D eigenvalue weighted by atomic mass is 35.5. The van der Waals surface area contributed by atoms with Crippen molar-refractivity contribution in [2.24, 2.45) is 0 Å². The quantitative estimate of drug-likeness (QED) is 0.368. The fourth-order valence-electron chi connectivity index (χ4n) is 6.90. The zero-order valence-electron chi connectivity index (χ0n) is 24.2. The van der Waals surface area contributed by atoms with E-state index < -0.39 is 0 Å². The van der Waals surface area contributed by atoms with Gasteiger partial charge in [-0.2, -0.15) is 0 Å². The smallest absolute Gasteiger partial charge is 0.237 e. The van der Waals surface area contributed by atoms with Crippen molar-refractivity contribution in [3.63, 3.8) is 0 Å². The molecule has 2 N–H and O–H groups in total. The molecule has 42 heavy (non-hydrogen) atoms. The van der Waals surface area contributed by atoms with Gasteiger partial charge in [-0.25, -0.2) is 0 Å². The predicted molar refractivity (Wildman–Crippen MR) is 167 cm³/mol. The SMILES string of the molecule is O=C(N[C@H](Cc1ccc(Cl)cc1)CN1CCC(c2ccccc2CN2CCCC2=O)CC1)[C@@H]1Cc2ccccc2CN1. The highest BCUT2D eigenvalue weighted by molar-refractivity contribution is 6.30. The lowest BCUT2D eigenvalue weighted by Crippen LogP contribution is -2.54. The number of benzene rings is 3. The van der Waals surface area contributed by atoms with Crippen molar-refractivity contribution in [2.75, 3.05) is 26.2 Å². The fourth-order valence-corrected chi connectivity index (χ4v) is 7.03. The number of likely N-dealkylation sites (tertiary alicyclic amines) is 2. The van der Waals surface area contributed by atoms with Crippen LogP contribution in [0.2, 0.25) is 5.02 Å². The van der Waals surface area contributed by atoms with Gasteiger partial charge in [0.25, 0.3) is 0 Å². The summed E-state index contributed by atoms with van der Waals surface area (Å²) in [5.41, 5.74) is 6.39. The van der Waals surface area contributed by atoms with Crippen molar-refractivity contribution in [3.05, 3.63) is 106 Å². The number of amides is 2. The molecule has 0 aliphatic carbocycles. The molecule has 2 atom stereocenters. The van der Waals surface area contributed by atoms with Gasteiger partial charge in [-0.15, -0.1) is 0 Å². The summed E-state index contributed by atoms with van der Waals surface area (Å²) in [6.07, 6.45) is 5.28. The summed E-state index contributed by atoms with van der Waals surface area (Å²) < 4.78 is 0. The van der Waals surface area contributed by atoms with E-state index in [1.165, 1.54) is 27.8 Å². The molecule has 2 saturated heterocycles. The molecule has 3 aromatic rings. The minimum Gasteiger partial charge on any atom is -0.350 e. The van der Waals surface area contributed by atoms with Gasteiger partial charge in [-0.1, -0.05) is 72.3 Å². The summed E-state index contributed by atoms with van der Waals surface area (Å²) >= 11 is 6.16. The summed E-state index contributed by atoms with van der Waals surface area (Å²) in [6, 6.07) is 24.8. The molecular formula is C35H41ClN4O2. The van der Waals surface area contributed by atoms with Crippen LogP contribution in [0.15, 0.2) is 72.8 Å². The van der Waals surface area contributed by atoms with Crippen LogP contribution in [0.3, 0.4) is 0 Å². The third kappa shape index (κ3) is 7.05. The van der Waals surface area contributed by atoms with Crippen molar-refractivity contribution in [1.29, 1.82) is 0 Å². The number of carbonyl (C=O) groups excluding carboxylic acids is 2. The minimum atomic E-state index is -0.225. The monoisotopic (exact) mass is 584 g/mol. The van der Waals surface area contributed by atoms with E-state index in [-0.39, 0.29) is 23.9 Å². The Morgan fingerprint density at radius 1 is 0.952 bits per heavy atom. The zero-order chi connectivity index (χ0) is 28.9. The first-order chi connectivity index (χ1) is 20.5. The molecule has 2 fully saturated rings. The van der Waals surface area contributed by atoms with E-state index in [2.05, 4.69) is 76.2 Å². The largest absolute Gasteiger partial charge is 0.350 e. The number of carbonyl (C=O) groups is 2. The molecule has 0 radical (unpaired) electrons. The molecule has 3 aromatic carbocycles. The summed E-state index contributed by atoms with van der Waals surface area (Å²) in [5, 5.41) is 7.58. The summed E-state index contributed by atoms with van der Waals surface area (Å²) in [5.74, 6) is 0.843. The van der Waals surface area contributed by atoms with Gasteiger partial charge < -0.3 is 20.4 Å². The van der Waals surface area contributed by atoms with E-state index in [9.17, 15) is 9.59 Å². The molecule has 3 heterocycles. The second-order valence-electron chi connectivity index (χ2n) is 12.1. The molecule has 0 bridgehead atoms. The second-order valence-corrected chi connectivity index (χ2v) is 12.6. The number of nitrogens with zero attached hydrogens (tertiary/aromatic N) is 2. The van der Waals surface area contributed by atoms with Crippen molar-refractivity contribution >= 4 is 23.4 Å². The summed E-state index contributed by atoms with van der Waals surface area (Å²) in [7, 11) is 0. The molecule has 3 aliphatic heterocycles. The zero-order valence-corrected chi connectivity index (χ0v) is 25.0. The Morgan fingerprint density at radius 3 is 2.45 bits per heavy atom. The third-order valence-electron chi connectivity index (χ3n) is 9.23. The Hall–Kier alpha value is -3.19. The topological polar surface area (TPSA) is 64.7 Å². The molecule has 7 heteroatoms. The normalized spacial score (nSPS) is 20.4. The number of piperidine rings is 1. The number of rotatable bonds is 9. The van der Waals surface area contributed by atoms with Crippen LogP contribution in [0.1, 0.15) is 59.4 Å². The van der Waals surface area contributed by atoms with Crippen LogP contribution in [0.4, 0.5) is 0 Å². The standard InChI is InChI=1S/C35H41ClN4O2/c36-30-13-11-25(12-14-30)20-31(38-35(42)33-21-27-6-1-2-7-28(27)22-37-33)24-39-18-15-26(16-19-39)32-9-4-3-8-29(32)23-40-17-5-10-34(40)41/h1-4,6-9,11-14,26,31,33,37H,5,10,15-24H2,(H,38,42)/t31-,33+/m1/s1. The van der Waals surface area contributed by atoms with Gasteiger partial charge in [-0.05, 0) is 91.1 Å². The summed E-state index contributed by atoms with van der Waals surface area (Å²) in [6.45, 7) is 5.11.